The van der Waals surface area contributed by atoms with Crippen molar-refractivity contribution in [1.82, 2.24) is 4.90 Å². The Morgan fingerprint density at radius 2 is 1.96 bits per heavy atom. The number of carbonyl (C=O) groups is 2. The largest absolute Gasteiger partial charge is 0.457 e. The van der Waals surface area contributed by atoms with Crippen molar-refractivity contribution in [3.8, 4) is 11.1 Å². The van der Waals surface area contributed by atoms with Crippen molar-refractivity contribution in [1.29, 1.82) is 0 Å². The molecule has 0 aliphatic carbocycles. The van der Waals surface area contributed by atoms with E-state index in [0.29, 0.717) is 12.1 Å². The van der Waals surface area contributed by atoms with Crippen LogP contribution in [0.3, 0.4) is 0 Å². The summed E-state index contributed by atoms with van der Waals surface area (Å²) in [5.41, 5.74) is 2.54. The minimum atomic E-state index is -0.652. The number of likely N-dealkylation sites (N-methyl/N-ethyl adjacent to an activating group) is 1. The molecule has 0 spiro atoms. The normalized spacial score (nSPS) is 10.4. The van der Waals surface area contributed by atoms with Gasteiger partial charge in [0.05, 0.1) is 6.26 Å². The van der Waals surface area contributed by atoms with E-state index >= 15 is 0 Å². The summed E-state index contributed by atoms with van der Waals surface area (Å²) < 4.78 is 10.4. The van der Waals surface area contributed by atoms with Crippen LogP contribution in [0, 0.1) is 0 Å². The van der Waals surface area contributed by atoms with Crippen LogP contribution in [0.4, 0.5) is 0 Å². The lowest BCUT2D eigenvalue weighted by Crippen LogP contribution is -2.30. The van der Waals surface area contributed by atoms with Crippen molar-refractivity contribution in [3.05, 3.63) is 70.8 Å². The number of esters is 1. The summed E-state index contributed by atoms with van der Waals surface area (Å²) in [5.74, 6) is -0.826. The molecule has 0 atom stereocenters. The van der Waals surface area contributed by atoms with Gasteiger partial charge in [-0.15, -0.1) is 0 Å². The van der Waals surface area contributed by atoms with Gasteiger partial charge in [0.2, 0.25) is 5.76 Å². The van der Waals surface area contributed by atoms with Gasteiger partial charge in [-0.1, -0.05) is 30.3 Å². The summed E-state index contributed by atoms with van der Waals surface area (Å²) in [5, 5.41) is 3.93. The highest BCUT2D eigenvalue weighted by molar-refractivity contribution is 7.07. The average molecular weight is 355 g/mol. The molecule has 0 radical (unpaired) electrons. The highest BCUT2D eigenvalue weighted by Crippen LogP contribution is 2.25. The van der Waals surface area contributed by atoms with Gasteiger partial charge in [0.1, 0.15) is 0 Å². The molecule has 1 amide bonds. The van der Waals surface area contributed by atoms with Crippen LogP contribution < -0.4 is 0 Å². The molecule has 0 aliphatic heterocycles. The molecule has 3 rings (SSSR count). The van der Waals surface area contributed by atoms with Gasteiger partial charge in [0.25, 0.3) is 5.91 Å². The van der Waals surface area contributed by atoms with Gasteiger partial charge in [-0.05, 0) is 34.0 Å². The summed E-state index contributed by atoms with van der Waals surface area (Å²) >= 11 is 1.57. The lowest BCUT2D eigenvalue weighted by atomic mass is 10.1. The maximum Gasteiger partial charge on any atom is 0.375 e. The first kappa shape index (κ1) is 17.0. The van der Waals surface area contributed by atoms with E-state index < -0.39 is 5.97 Å². The van der Waals surface area contributed by atoms with Crippen molar-refractivity contribution >= 4 is 23.2 Å². The van der Waals surface area contributed by atoms with Crippen LogP contribution in [0.2, 0.25) is 0 Å². The molecule has 0 bridgehead atoms. The van der Waals surface area contributed by atoms with Crippen LogP contribution in [-0.2, 0) is 16.1 Å². The topological polar surface area (TPSA) is 59.8 Å². The summed E-state index contributed by atoms with van der Waals surface area (Å²) in [6.45, 7) is 0.157. The number of hydrogen-bond acceptors (Lipinski definition) is 5. The minimum Gasteiger partial charge on any atom is -0.457 e. The highest BCUT2D eigenvalue weighted by atomic mass is 32.1. The van der Waals surface area contributed by atoms with E-state index in [9.17, 15) is 9.59 Å². The molecule has 0 fully saturated rings. The Hall–Kier alpha value is -2.86. The third-order valence-electron chi connectivity index (χ3n) is 3.69. The molecule has 25 heavy (non-hydrogen) atoms. The van der Waals surface area contributed by atoms with Crippen molar-refractivity contribution in [2.24, 2.45) is 0 Å². The van der Waals surface area contributed by atoms with E-state index in [1.54, 1.807) is 24.5 Å². The Kier molecular flexibility index (Phi) is 5.30. The fourth-order valence-electron chi connectivity index (χ4n) is 2.36. The smallest absolute Gasteiger partial charge is 0.375 e. The number of thiophene rings is 1. The first-order valence-electron chi connectivity index (χ1n) is 7.70. The number of nitrogens with zero attached hydrogens (tertiary/aromatic N) is 1. The lowest BCUT2D eigenvalue weighted by Gasteiger charge is -2.16. The number of amides is 1. The number of benzene rings is 1. The van der Waals surface area contributed by atoms with Gasteiger partial charge < -0.3 is 14.1 Å². The number of hydrogen-bond donors (Lipinski definition) is 0. The fraction of sp³-hybridized carbons (Fsp3) is 0.158. The van der Waals surface area contributed by atoms with Gasteiger partial charge in [0, 0.05) is 19.2 Å². The molecule has 0 unspecified atom stereocenters. The molecule has 2 heterocycles. The molecule has 0 N–H and O–H groups in total. The molecular formula is C19H17NO4S. The first-order valence-corrected chi connectivity index (χ1v) is 8.64. The van der Waals surface area contributed by atoms with Gasteiger partial charge >= 0.3 is 5.97 Å². The van der Waals surface area contributed by atoms with Crippen molar-refractivity contribution in [2.45, 2.75) is 6.54 Å². The predicted octanol–water partition coefficient (Wildman–Crippen LogP) is 3.82. The standard InChI is InChI=1S/C19H17NO4S/c1-20(11-14-8-10-25-13-14)17(21)12-24-19(22)18-16(7-9-23-18)15-5-3-2-4-6-15/h2-10,13H,11-12H2,1H3. The van der Waals surface area contributed by atoms with E-state index in [4.69, 9.17) is 9.15 Å². The van der Waals surface area contributed by atoms with Crippen LogP contribution >= 0.6 is 11.3 Å². The first-order chi connectivity index (χ1) is 12.1. The van der Waals surface area contributed by atoms with E-state index in [1.165, 1.54) is 11.2 Å². The third kappa shape index (κ3) is 4.16. The number of ether oxygens (including phenoxy) is 1. The molecule has 3 aromatic rings. The molecule has 2 aromatic heterocycles. The summed E-state index contributed by atoms with van der Waals surface area (Å²) in [7, 11) is 1.68. The second-order valence-corrected chi connectivity index (χ2v) is 6.27. The van der Waals surface area contributed by atoms with Gasteiger partial charge in [-0.25, -0.2) is 4.79 Å². The van der Waals surface area contributed by atoms with Crippen LogP contribution in [0.1, 0.15) is 16.1 Å². The monoisotopic (exact) mass is 355 g/mol. The van der Waals surface area contributed by atoms with Crippen LogP contribution in [0.5, 0.6) is 0 Å². The zero-order chi connectivity index (χ0) is 17.6. The zero-order valence-electron chi connectivity index (χ0n) is 13.7. The van der Waals surface area contributed by atoms with Crippen molar-refractivity contribution in [2.75, 3.05) is 13.7 Å². The summed E-state index contributed by atoms with van der Waals surface area (Å²) in [6, 6.07) is 13.1. The Morgan fingerprint density at radius 3 is 2.68 bits per heavy atom. The Balaban J connectivity index is 1.60. The average Bonchev–Trinajstić information content (AvgIpc) is 3.31. The van der Waals surface area contributed by atoms with Crippen LogP contribution in [0.15, 0.2) is 63.9 Å². The third-order valence-corrected chi connectivity index (χ3v) is 4.42. The number of rotatable bonds is 6. The Labute approximate surface area is 149 Å². The molecule has 0 saturated heterocycles. The Bertz CT molecular complexity index is 839. The zero-order valence-corrected chi connectivity index (χ0v) is 14.5. The molecule has 0 aliphatic rings. The van der Waals surface area contributed by atoms with E-state index in [1.807, 2.05) is 47.2 Å². The van der Waals surface area contributed by atoms with E-state index in [2.05, 4.69) is 0 Å². The van der Waals surface area contributed by atoms with Crippen molar-refractivity contribution < 1.29 is 18.7 Å². The predicted molar refractivity (Wildman–Crippen MR) is 95.2 cm³/mol. The lowest BCUT2D eigenvalue weighted by molar-refractivity contribution is -0.133. The number of furan rings is 1. The number of carbonyl (C=O) groups excluding carboxylic acids is 2. The van der Waals surface area contributed by atoms with E-state index in [-0.39, 0.29) is 18.3 Å². The Morgan fingerprint density at radius 1 is 1.16 bits per heavy atom. The maximum atomic E-state index is 12.3. The molecule has 1 aromatic carbocycles. The second kappa shape index (κ2) is 7.81. The van der Waals surface area contributed by atoms with Crippen LogP contribution in [0.25, 0.3) is 11.1 Å². The maximum absolute atomic E-state index is 12.3. The minimum absolute atomic E-state index is 0.0967. The SMILES string of the molecule is CN(Cc1ccsc1)C(=O)COC(=O)c1occc1-c1ccccc1. The van der Waals surface area contributed by atoms with Gasteiger partial charge in [-0.2, -0.15) is 11.3 Å². The fourth-order valence-corrected chi connectivity index (χ4v) is 3.02. The second-order valence-electron chi connectivity index (χ2n) is 5.49. The molecule has 5 nitrogen and oxygen atoms in total. The van der Waals surface area contributed by atoms with Gasteiger partial charge in [0.15, 0.2) is 6.61 Å². The van der Waals surface area contributed by atoms with Gasteiger partial charge in [-0.3, -0.25) is 4.79 Å². The molecule has 0 saturated carbocycles. The highest BCUT2D eigenvalue weighted by Gasteiger charge is 2.20. The van der Waals surface area contributed by atoms with Crippen LogP contribution in [-0.4, -0.2) is 30.4 Å². The summed E-state index contributed by atoms with van der Waals surface area (Å²) in [4.78, 5) is 25.9. The quantitative estimate of drug-likeness (QED) is 0.631. The molecular weight excluding hydrogens is 338 g/mol. The molecule has 128 valence electrons. The summed E-state index contributed by atoms with van der Waals surface area (Å²) in [6.07, 6.45) is 1.43. The van der Waals surface area contributed by atoms with E-state index in [0.717, 1.165) is 11.1 Å². The molecule has 6 heteroatoms. The van der Waals surface area contributed by atoms with Crippen molar-refractivity contribution in [3.63, 3.8) is 0 Å².